The number of phenols is 1. The number of benzene rings is 2. The third-order valence-electron chi connectivity index (χ3n) is 11.4. The molecular weight excluding hydrogens is 740 g/mol. The molecule has 8 N–H and O–H groups in total. The van der Waals surface area contributed by atoms with E-state index in [4.69, 9.17) is 18.9 Å². The zero-order chi connectivity index (χ0) is 40.5. The van der Waals surface area contributed by atoms with Crippen molar-refractivity contribution >= 4 is 28.8 Å². The molecule has 1 aromatic heterocycles. The lowest BCUT2D eigenvalue weighted by Crippen LogP contribution is -2.58. The fourth-order valence-electron chi connectivity index (χ4n) is 8.14. The van der Waals surface area contributed by atoms with Crippen molar-refractivity contribution in [2.24, 2.45) is 10.9 Å². The summed E-state index contributed by atoms with van der Waals surface area (Å²) in [5, 5.41) is 69.8. The predicted molar refractivity (Wildman–Crippen MR) is 208 cm³/mol. The first-order valence-electron chi connectivity index (χ1n) is 19.2. The summed E-state index contributed by atoms with van der Waals surface area (Å²) in [6.45, 7) is 1.59. The molecule has 3 aromatic rings. The molecule has 16 heteroatoms. The van der Waals surface area contributed by atoms with Gasteiger partial charge in [0.25, 0.3) is 0 Å². The number of anilines is 1. The van der Waals surface area contributed by atoms with Crippen LogP contribution in [0.3, 0.4) is 0 Å². The zero-order valence-electron chi connectivity index (χ0n) is 31.9. The SMILES string of the molecule is CNCC[C@]1(CC[C@@H]2CNC(=O)C2)Oc2c(cc3c(=O)cc(C)oc3c2N2C=C3N=CC=C3C2)C[C@H]1OOC[C@@](O)(Cc1ccc(O)cc1)[C@@H](O)[C@H](O)[C@H](O)CO. The van der Waals surface area contributed by atoms with E-state index < -0.39 is 48.8 Å². The molecule has 0 saturated carbocycles. The molecule has 1 amide bonds. The predicted octanol–water partition coefficient (Wildman–Crippen LogP) is 1.04. The second-order valence-electron chi connectivity index (χ2n) is 15.5. The molecule has 306 valence electrons. The molecule has 1 fully saturated rings. The van der Waals surface area contributed by atoms with Crippen LogP contribution in [-0.2, 0) is 27.4 Å². The Morgan fingerprint density at radius 3 is 2.63 bits per heavy atom. The zero-order valence-corrected chi connectivity index (χ0v) is 31.9. The number of aliphatic imine (C=N–C) groups is 1. The summed E-state index contributed by atoms with van der Waals surface area (Å²) in [6.07, 6.45) is 0.561. The number of rotatable bonds is 17. The number of ether oxygens (including phenoxy) is 1. The Balaban J connectivity index is 1.27. The van der Waals surface area contributed by atoms with E-state index in [0.717, 1.165) is 11.3 Å². The Labute approximate surface area is 328 Å². The van der Waals surface area contributed by atoms with Crippen molar-refractivity contribution in [2.45, 2.75) is 81.1 Å². The summed E-state index contributed by atoms with van der Waals surface area (Å²) in [7, 11) is 1.81. The number of fused-ring (bicyclic) bond motifs is 3. The highest BCUT2D eigenvalue weighted by atomic mass is 17.2. The van der Waals surface area contributed by atoms with E-state index in [9.17, 15) is 40.2 Å². The molecule has 16 nitrogen and oxygen atoms in total. The highest BCUT2D eigenvalue weighted by molar-refractivity contribution is 5.96. The van der Waals surface area contributed by atoms with E-state index in [-0.39, 0.29) is 35.8 Å². The first kappa shape index (κ1) is 40.5. The van der Waals surface area contributed by atoms with E-state index in [1.54, 1.807) is 19.2 Å². The van der Waals surface area contributed by atoms with E-state index in [1.807, 2.05) is 24.2 Å². The van der Waals surface area contributed by atoms with Gasteiger partial charge in [0, 0.05) is 61.8 Å². The van der Waals surface area contributed by atoms with Crippen LogP contribution in [0.15, 0.2) is 74.1 Å². The Hall–Kier alpha value is -4.65. The van der Waals surface area contributed by atoms with Crippen LogP contribution in [0.5, 0.6) is 11.5 Å². The van der Waals surface area contributed by atoms with Crippen molar-refractivity contribution in [3.63, 3.8) is 0 Å². The number of hydrogen-bond acceptors (Lipinski definition) is 15. The Morgan fingerprint density at radius 2 is 1.93 bits per heavy atom. The Bertz CT molecular complexity index is 2120. The van der Waals surface area contributed by atoms with Gasteiger partial charge in [-0.25, -0.2) is 9.78 Å². The van der Waals surface area contributed by atoms with Gasteiger partial charge in [0.05, 0.1) is 24.2 Å². The van der Waals surface area contributed by atoms with Crippen LogP contribution in [-0.4, -0.2) is 118 Å². The van der Waals surface area contributed by atoms with Gasteiger partial charge in [-0.15, -0.1) is 0 Å². The van der Waals surface area contributed by atoms with Crippen LogP contribution < -0.4 is 25.7 Å². The van der Waals surface area contributed by atoms with Crippen molar-refractivity contribution in [1.82, 2.24) is 10.6 Å². The number of carbonyl (C=O) groups is 1. The first-order valence-corrected chi connectivity index (χ1v) is 19.2. The second kappa shape index (κ2) is 16.7. The van der Waals surface area contributed by atoms with Gasteiger partial charge in [0.2, 0.25) is 5.91 Å². The molecule has 0 radical (unpaired) electrons. The summed E-state index contributed by atoms with van der Waals surface area (Å²) in [4.78, 5) is 44.3. The van der Waals surface area contributed by atoms with E-state index in [2.05, 4.69) is 15.6 Å². The smallest absolute Gasteiger partial charge is 0.220 e. The largest absolute Gasteiger partial charge is 0.508 e. The van der Waals surface area contributed by atoms with Crippen LogP contribution >= 0.6 is 0 Å². The molecule has 5 heterocycles. The topological polar surface area (TPSA) is 236 Å². The number of nitrogens with one attached hydrogen (secondary N) is 2. The lowest BCUT2D eigenvalue weighted by molar-refractivity contribution is -0.373. The van der Waals surface area contributed by atoms with Gasteiger partial charge in [-0.3, -0.25) is 14.6 Å². The van der Waals surface area contributed by atoms with Crippen molar-refractivity contribution in [1.29, 1.82) is 0 Å². The molecule has 0 bridgehead atoms. The quantitative estimate of drug-likeness (QED) is 0.0706. The molecule has 7 atom stereocenters. The van der Waals surface area contributed by atoms with Gasteiger partial charge in [-0.05, 0) is 69.1 Å². The molecule has 4 aliphatic heterocycles. The van der Waals surface area contributed by atoms with Gasteiger partial charge in [0.1, 0.15) is 59.4 Å². The summed E-state index contributed by atoms with van der Waals surface area (Å²) >= 11 is 0. The van der Waals surface area contributed by atoms with Crippen LogP contribution in [0.2, 0.25) is 0 Å². The average molecular weight is 791 g/mol. The number of carbonyl (C=O) groups excluding carboxylic acids is 1. The standard InChI is InChI=1S/C41H50N4O12/c1-23-13-31(48)29-15-27-16-33(57-54-22-40(53,39(52)36(51)32(49)21-46)17-24-3-5-28(47)6-4-24)41(10-12-42-2,9-7-25-14-34(50)44-18-25)56-37(27)35(38(29)55-23)45-19-26-8-11-43-30(26)20-45/h3-6,8,11,13,15,20,25,32-33,36,39,42,46-47,49,51-53H,7,9-10,12,14,16-19,21-22H2,1-2H3,(H,44,50)/t25-,32+,33+,36+,39-,40-,41-/m0/s1. The van der Waals surface area contributed by atoms with E-state index in [1.165, 1.54) is 30.3 Å². The number of phenolic OH excluding ortho intramolecular Hbond substituents is 1. The number of aryl methyl sites for hydroxylation is 1. The minimum atomic E-state index is -2.28. The maximum atomic E-state index is 13.5. The van der Waals surface area contributed by atoms with Gasteiger partial charge < -0.3 is 55.3 Å². The lowest BCUT2D eigenvalue weighted by Gasteiger charge is -2.45. The number of aliphatic hydroxyl groups is 5. The van der Waals surface area contributed by atoms with Crippen molar-refractivity contribution in [3.05, 3.63) is 87.1 Å². The van der Waals surface area contributed by atoms with Crippen LogP contribution in [0.1, 0.15) is 42.6 Å². The molecule has 7 rings (SSSR count). The van der Waals surface area contributed by atoms with Gasteiger partial charge in [-0.2, -0.15) is 0 Å². The molecule has 0 spiro atoms. The summed E-state index contributed by atoms with van der Waals surface area (Å²) in [5.74, 6) is 0.908. The molecule has 1 saturated heterocycles. The summed E-state index contributed by atoms with van der Waals surface area (Å²) < 4.78 is 13.5. The van der Waals surface area contributed by atoms with Crippen LogP contribution in [0.4, 0.5) is 5.69 Å². The number of aliphatic hydroxyl groups excluding tert-OH is 4. The normalized spacial score (nSPS) is 24.0. The Kier molecular flexibility index (Phi) is 11.9. The number of nitrogens with zero attached hydrogens (tertiary/aromatic N) is 2. The van der Waals surface area contributed by atoms with Crippen molar-refractivity contribution in [3.8, 4) is 11.5 Å². The molecule has 57 heavy (non-hydrogen) atoms. The van der Waals surface area contributed by atoms with Crippen molar-refractivity contribution in [2.75, 3.05) is 44.8 Å². The third kappa shape index (κ3) is 8.35. The minimum absolute atomic E-state index is 0.0231. The van der Waals surface area contributed by atoms with Gasteiger partial charge in [-0.1, -0.05) is 12.1 Å². The monoisotopic (exact) mass is 790 g/mol. The number of amides is 1. The maximum Gasteiger partial charge on any atom is 0.220 e. The highest BCUT2D eigenvalue weighted by Crippen LogP contribution is 2.50. The molecule has 4 aliphatic rings. The fourth-order valence-corrected chi connectivity index (χ4v) is 8.14. The summed E-state index contributed by atoms with van der Waals surface area (Å²) in [6, 6.07) is 9.00. The van der Waals surface area contributed by atoms with Gasteiger partial charge >= 0.3 is 0 Å². The molecular formula is C41H50N4O12. The van der Waals surface area contributed by atoms with E-state index >= 15 is 0 Å². The Morgan fingerprint density at radius 1 is 1.14 bits per heavy atom. The number of allylic oxidation sites excluding steroid dienone is 1. The molecule has 0 unspecified atom stereocenters. The maximum absolute atomic E-state index is 13.5. The average Bonchev–Trinajstić information content (AvgIpc) is 3.93. The molecule has 0 aliphatic carbocycles. The fraction of sp³-hybridized carbons (Fsp3) is 0.488. The second-order valence-corrected chi connectivity index (χ2v) is 15.5. The van der Waals surface area contributed by atoms with Crippen molar-refractivity contribution < 1.29 is 54.4 Å². The van der Waals surface area contributed by atoms with Gasteiger partial charge in [0.15, 0.2) is 16.8 Å². The molecule has 2 aromatic carbocycles. The van der Waals surface area contributed by atoms with Crippen LogP contribution in [0.25, 0.3) is 11.0 Å². The van der Waals surface area contributed by atoms with E-state index in [0.29, 0.717) is 84.6 Å². The number of hydrogen-bond donors (Lipinski definition) is 8. The minimum Gasteiger partial charge on any atom is -0.508 e. The highest BCUT2D eigenvalue weighted by Gasteiger charge is 2.50. The lowest BCUT2D eigenvalue weighted by atomic mass is 9.79. The third-order valence-corrected chi connectivity index (χ3v) is 11.4. The number of aromatic hydroxyl groups is 1. The summed E-state index contributed by atoms with van der Waals surface area (Å²) in [5.41, 5.74) is 0.177. The first-order chi connectivity index (χ1) is 27.3. The van der Waals surface area contributed by atoms with Crippen LogP contribution in [0, 0.1) is 12.8 Å².